The van der Waals surface area contributed by atoms with Crippen molar-refractivity contribution in [2.45, 2.75) is 97.0 Å². The molecule has 0 radical (unpaired) electrons. The van der Waals surface area contributed by atoms with E-state index in [0.29, 0.717) is 38.0 Å². The maximum absolute atomic E-state index is 15.8. The predicted octanol–water partition coefficient (Wildman–Crippen LogP) is 3.74. The fraction of sp³-hybridized carbons (Fsp3) is 0.781. The number of hydrogen-bond donors (Lipinski definition) is 2. The third kappa shape index (κ3) is 4.77. The van der Waals surface area contributed by atoms with Crippen molar-refractivity contribution < 1.29 is 38.1 Å². The van der Waals surface area contributed by atoms with Crippen molar-refractivity contribution in [2.24, 2.45) is 28.6 Å². The van der Waals surface area contributed by atoms with Crippen LogP contribution in [0.25, 0.3) is 0 Å². The van der Waals surface area contributed by atoms with Crippen LogP contribution in [0.3, 0.4) is 0 Å². The summed E-state index contributed by atoms with van der Waals surface area (Å²) in [6.07, 6.45) is 2.98. The molecule has 0 aromatic carbocycles. The number of carbonyl (C=O) groups excluding carboxylic acids is 3. The fourth-order valence-corrected chi connectivity index (χ4v) is 9.11. The van der Waals surface area contributed by atoms with Gasteiger partial charge in [-0.25, -0.2) is 9.18 Å². The number of Topliss-reactive ketones (excluding diaryl/α,β-unsaturated/α-hetero) is 1. The van der Waals surface area contributed by atoms with Gasteiger partial charge in [-0.3, -0.25) is 9.59 Å². The highest BCUT2D eigenvalue weighted by atomic mass is 19.1. The summed E-state index contributed by atoms with van der Waals surface area (Å²) in [6.45, 7) is 11.6. The number of ether oxygens (including phenoxy) is 3. The van der Waals surface area contributed by atoms with E-state index >= 15 is 4.39 Å². The summed E-state index contributed by atoms with van der Waals surface area (Å²) >= 11 is 0. The van der Waals surface area contributed by atoms with Gasteiger partial charge in [0, 0.05) is 36.4 Å². The van der Waals surface area contributed by atoms with Crippen LogP contribution in [0.1, 0.15) is 66.7 Å². The molecule has 0 aromatic rings. The van der Waals surface area contributed by atoms with Crippen LogP contribution in [0.4, 0.5) is 9.18 Å². The van der Waals surface area contributed by atoms with Crippen LogP contribution in [0, 0.1) is 28.6 Å². The van der Waals surface area contributed by atoms with Crippen molar-refractivity contribution in [3.63, 3.8) is 0 Å². The fourth-order valence-electron chi connectivity index (χ4n) is 9.11. The number of aliphatic hydroxyl groups excluding tert-OH is 1. The molecule has 1 amide bonds. The van der Waals surface area contributed by atoms with Gasteiger partial charge in [0.25, 0.3) is 0 Å². The van der Waals surface area contributed by atoms with Crippen LogP contribution in [-0.2, 0) is 23.8 Å². The van der Waals surface area contributed by atoms with E-state index in [1.54, 1.807) is 11.0 Å². The monoisotopic (exact) mass is 590 g/mol. The Hall–Kier alpha value is -2.14. The highest BCUT2D eigenvalue weighted by Crippen LogP contribution is 2.70. The quantitative estimate of drug-likeness (QED) is 0.370. The summed E-state index contributed by atoms with van der Waals surface area (Å²) in [5.74, 6) is -1.36. The maximum atomic E-state index is 15.8. The number of alkyl halides is 1. The molecule has 0 spiro atoms. The van der Waals surface area contributed by atoms with Gasteiger partial charge in [-0.2, -0.15) is 0 Å². The lowest BCUT2D eigenvalue weighted by atomic mass is 9.46. The van der Waals surface area contributed by atoms with Crippen LogP contribution >= 0.6 is 0 Å². The standard InChI is InChI=1S/C32H47FN2O7/c1-6-9-27-41-26-16-21-20-15-23(33)22-14-19(36)10-11-30(22,4)28(20)24(37)17-31(21,5)32(26,42-27)25(38)18-40-29(39)35(8-3)13-12-34-7-2/h10-11,14,20-21,23-24,26-28,34,37H,6-9,12-13,15-18H2,1-5H3/t20-,21-,23-,24-,26+,27?,28?,30-,31-,32+/m0/s1. The molecule has 1 saturated heterocycles. The molecule has 9 nitrogen and oxygen atoms in total. The minimum Gasteiger partial charge on any atom is -0.441 e. The van der Waals surface area contributed by atoms with E-state index in [-0.39, 0.29) is 42.2 Å². The van der Waals surface area contributed by atoms with E-state index in [0.717, 1.165) is 13.0 Å². The molecule has 2 N–H and O–H groups in total. The molecule has 42 heavy (non-hydrogen) atoms. The topological polar surface area (TPSA) is 114 Å². The van der Waals surface area contributed by atoms with E-state index in [1.165, 1.54) is 12.2 Å². The normalized spacial score (nSPS) is 41.8. The molecular formula is C32H47FN2O7. The van der Waals surface area contributed by atoms with Gasteiger partial charge >= 0.3 is 6.09 Å². The number of amides is 1. The first-order valence-electron chi connectivity index (χ1n) is 15.7. The lowest BCUT2D eigenvalue weighted by Gasteiger charge is -2.60. The van der Waals surface area contributed by atoms with Gasteiger partial charge < -0.3 is 29.5 Å². The van der Waals surface area contributed by atoms with E-state index < -0.39 is 53.8 Å². The highest BCUT2D eigenvalue weighted by Gasteiger charge is 2.76. The van der Waals surface area contributed by atoms with Gasteiger partial charge in [0.05, 0.1) is 12.2 Å². The van der Waals surface area contributed by atoms with Gasteiger partial charge in [0.1, 0.15) is 6.17 Å². The lowest BCUT2D eigenvalue weighted by Crippen LogP contribution is -2.64. The molecule has 0 bridgehead atoms. The molecule has 0 aromatic heterocycles. The van der Waals surface area contributed by atoms with Crippen LogP contribution in [0.15, 0.2) is 23.8 Å². The number of nitrogens with zero attached hydrogens (tertiary/aromatic N) is 1. The van der Waals surface area contributed by atoms with Crippen molar-refractivity contribution in [1.82, 2.24) is 10.2 Å². The second-order valence-corrected chi connectivity index (χ2v) is 13.1. The van der Waals surface area contributed by atoms with Gasteiger partial charge in [-0.05, 0) is 68.7 Å². The average Bonchev–Trinajstić information content (AvgIpc) is 3.42. The Labute approximate surface area is 248 Å². The van der Waals surface area contributed by atoms with Crippen molar-refractivity contribution in [2.75, 3.05) is 32.8 Å². The molecule has 1 aliphatic heterocycles. The Morgan fingerprint density at radius 2 is 2.00 bits per heavy atom. The number of rotatable bonds is 10. The number of carbonyl (C=O) groups is 3. The van der Waals surface area contributed by atoms with E-state index in [1.807, 2.05) is 34.6 Å². The van der Waals surface area contributed by atoms with Crippen molar-refractivity contribution in [3.8, 4) is 0 Å². The minimum absolute atomic E-state index is 0.159. The summed E-state index contributed by atoms with van der Waals surface area (Å²) in [6, 6.07) is 0. The molecule has 10 heteroatoms. The largest absolute Gasteiger partial charge is 0.441 e. The van der Waals surface area contributed by atoms with Crippen LogP contribution < -0.4 is 5.32 Å². The predicted molar refractivity (Wildman–Crippen MR) is 153 cm³/mol. The zero-order chi connectivity index (χ0) is 30.4. The van der Waals surface area contributed by atoms with Crippen molar-refractivity contribution >= 4 is 17.7 Å². The van der Waals surface area contributed by atoms with E-state index in [4.69, 9.17) is 14.2 Å². The molecule has 4 fully saturated rings. The van der Waals surface area contributed by atoms with Crippen molar-refractivity contribution in [1.29, 1.82) is 0 Å². The Balaban J connectivity index is 1.44. The summed E-state index contributed by atoms with van der Waals surface area (Å²) in [5, 5.41) is 15.0. The van der Waals surface area contributed by atoms with Gasteiger partial charge in [-0.1, -0.05) is 40.2 Å². The maximum Gasteiger partial charge on any atom is 0.410 e. The van der Waals surface area contributed by atoms with Gasteiger partial charge in [0.15, 0.2) is 24.3 Å². The summed E-state index contributed by atoms with van der Waals surface area (Å²) in [7, 11) is 0. The highest BCUT2D eigenvalue weighted by molar-refractivity contribution is 6.01. The first-order valence-corrected chi connectivity index (χ1v) is 15.7. The Morgan fingerprint density at radius 1 is 1.24 bits per heavy atom. The Bertz CT molecular complexity index is 1140. The molecule has 5 rings (SSSR count). The number of allylic oxidation sites excluding steroid dienone is 4. The third-order valence-corrected chi connectivity index (χ3v) is 11.0. The average molecular weight is 591 g/mol. The summed E-state index contributed by atoms with van der Waals surface area (Å²) in [4.78, 5) is 40.9. The molecule has 5 aliphatic rings. The number of nitrogens with one attached hydrogen (secondary N) is 1. The van der Waals surface area contributed by atoms with Gasteiger partial charge in [0.2, 0.25) is 5.78 Å². The molecule has 3 saturated carbocycles. The number of ketones is 2. The van der Waals surface area contributed by atoms with Crippen molar-refractivity contribution in [3.05, 3.63) is 23.8 Å². The second kappa shape index (κ2) is 11.7. The SMILES string of the molecule is CCCC1O[C@@H]2C[C@H]3[C@@H]4C[C@H](F)C5=CC(=O)C=C[C@]5(C)C4[C@@H](O)C[C@]3(C)[C@]2(C(=O)COC(=O)N(CC)CCNCC)O1. The molecule has 234 valence electrons. The van der Waals surface area contributed by atoms with Crippen LogP contribution in [0.2, 0.25) is 0 Å². The first-order chi connectivity index (χ1) is 20.0. The zero-order valence-electron chi connectivity index (χ0n) is 25.6. The number of aliphatic hydroxyl groups is 1. The molecule has 2 unspecified atom stereocenters. The van der Waals surface area contributed by atoms with Crippen LogP contribution in [-0.4, -0.2) is 90.7 Å². The Morgan fingerprint density at radius 3 is 2.69 bits per heavy atom. The number of hydrogen-bond acceptors (Lipinski definition) is 8. The first kappa shape index (κ1) is 31.3. The second-order valence-electron chi connectivity index (χ2n) is 13.1. The molecule has 1 heterocycles. The van der Waals surface area contributed by atoms with Gasteiger partial charge in [-0.15, -0.1) is 0 Å². The summed E-state index contributed by atoms with van der Waals surface area (Å²) in [5.41, 5.74) is -2.67. The minimum atomic E-state index is -1.42. The van der Waals surface area contributed by atoms with E-state index in [2.05, 4.69) is 5.32 Å². The smallest absolute Gasteiger partial charge is 0.410 e. The van der Waals surface area contributed by atoms with Crippen LogP contribution in [0.5, 0.6) is 0 Å². The lowest BCUT2D eigenvalue weighted by molar-refractivity contribution is -0.202. The van der Waals surface area contributed by atoms with E-state index in [9.17, 15) is 19.5 Å². The number of halogens is 1. The third-order valence-electron chi connectivity index (χ3n) is 11.0. The number of fused-ring (bicyclic) bond motifs is 7. The molecule has 10 atom stereocenters. The zero-order valence-corrected chi connectivity index (χ0v) is 25.6. The molecule has 4 aliphatic carbocycles. The number of likely N-dealkylation sites (N-methyl/N-ethyl adjacent to an activating group) is 2. The summed E-state index contributed by atoms with van der Waals surface area (Å²) < 4.78 is 34.4. The Kier molecular flexibility index (Phi) is 8.75. The molecular weight excluding hydrogens is 543 g/mol.